The maximum atomic E-state index is 5.46. The number of morpholine rings is 1. The number of nitrogens with zero attached hydrogens (tertiary/aromatic N) is 3. The van der Waals surface area contributed by atoms with Crippen molar-refractivity contribution in [2.75, 3.05) is 66.1 Å². The van der Waals surface area contributed by atoms with Crippen LogP contribution in [0.4, 0.5) is 0 Å². The van der Waals surface area contributed by atoms with E-state index in [1.807, 2.05) is 0 Å². The SMILES string of the molecule is CCNC(=NCC(C)(C)N1CCOCC1)NCC1CCN(C)C1. The predicted octanol–water partition coefficient (Wildman–Crippen LogP) is 0.604. The number of ether oxygens (including phenoxy) is 1. The number of hydrogen-bond donors (Lipinski definition) is 2. The molecule has 2 aliphatic rings. The number of guanidine groups is 1. The van der Waals surface area contributed by atoms with Crippen molar-refractivity contribution in [2.24, 2.45) is 10.9 Å². The normalized spacial score (nSPS) is 24.9. The summed E-state index contributed by atoms with van der Waals surface area (Å²) < 4.78 is 5.46. The Labute approximate surface area is 141 Å². The van der Waals surface area contributed by atoms with Gasteiger partial charge in [-0.25, -0.2) is 0 Å². The molecule has 0 aromatic rings. The number of rotatable bonds is 6. The molecular weight excluding hydrogens is 290 g/mol. The molecule has 1 atom stereocenters. The number of hydrogen-bond acceptors (Lipinski definition) is 4. The summed E-state index contributed by atoms with van der Waals surface area (Å²) in [6.07, 6.45) is 1.28. The third-order valence-electron chi connectivity index (χ3n) is 4.88. The van der Waals surface area contributed by atoms with Gasteiger partial charge < -0.3 is 20.3 Å². The van der Waals surface area contributed by atoms with Gasteiger partial charge in [0.1, 0.15) is 0 Å². The first-order chi connectivity index (χ1) is 11.0. The molecule has 0 aliphatic carbocycles. The molecule has 2 N–H and O–H groups in total. The van der Waals surface area contributed by atoms with Crippen molar-refractivity contribution in [3.8, 4) is 0 Å². The second-order valence-corrected chi connectivity index (χ2v) is 7.40. The van der Waals surface area contributed by atoms with Crippen LogP contribution >= 0.6 is 0 Å². The Morgan fingerprint density at radius 3 is 2.57 bits per heavy atom. The summed E-state index contributed by atoms with van der Waals surface area (Å²) in [4.78, 5) is 9.72. The monoisotopic (exact) mass is 325 g/mol. The minimum absolute atomic E-state index is 0.0692. The van der Waals surface area contributed by atoms with E-state index in [9.17, 15) is 0 Å². The number of likely N-dealkylation sites (tertiary alicyclic amines) is 1. The lowest BCUT2D eigenvalue weighted by Crippen LogP contribution is -2.52. The molecular formula is C17H35N5O. The Bertz CT molecular complexity index is 379. The highest BCUT2D eigenvalue weighted by Crippen LogP contribution is 2.16. The predicted molar refractivity (Wildman–Crippen MR) is 96.1 cm³/mol. The third-order valence-corrected chi connectivity index (χ3v) is 4.88. The van der Waals surface area contributed by atoms with Crippen molar-refractivity contribution in [3.63, 3.8) is 0 Å². The molecule has 0 amide bonds. The Balaban J connectivity index is 1.84. The largest absolute Gasteiger partial charge is 0.379 e. The minimum atomic E-state index is 0.0692. The summed E-state index contributed by atoms with van der Waals surface area (Å²) in [5.74, 6) is 1.68. The number of nitrogens with one attached hydrogen (secondary N) is 2. The van der Waals surface area contributed by atoms with Gasteiger partial charge in [-0.05, 0) is 46.7 Å². The van der Waals surface area contributed by atoms with Gasteiger partial charge in [-0.15, -0.1) is 0 Å². The van der Waals surface area contributed by atoms with Gasteiger partial charge in [0.05, 0.1) is 19.8 Å². The second-order valence-electron chi connectivity index (χ2n) is 7.40. The van der Waals surface area contributed by atoms with Crippen molar-refractivity contribution in [1.82, 2.24) is 20.4 Å². The lowest BCUT2D eigenvalue weighted by Gasteiger charge is -2.39. The highest BCUT2D eigenvalue weighted by Gasteiger charge is 2.28. The van der Waals surface area contributed by atoms with E-state index in [2.05, 4.69) is 48.3 Å². The third kappa shape index (κ3) is 5.94. The molecule has 0 aromatic heterocycles. The van der Waals surface area contributed by atoms with Crippen LogP contribution < -0.4 is 10.6 Å². The van der Waals surface area contributed by atoms with Crippen molar-refractivity contribution in [2.45, 2.75) is 32.7 Å². The van der Waals surface area contributed by atoms with E-state index in [0.29, 0.717) is 0 Å². The lowest BCUT2D eigenvalue weighted by atomic mass is 10.0. The minimum Gasteiger partial charge on any atom is -0.379 e. The zero-order chi connectivity index (χ0) is 16.7. The van der Waals surface area contributed by atoms with Gasteiger partial charge in [0.25, 0.3) is 0 Å². The van der Waals surface area contributed by atoms with Gasteiger partial charge in [-0.3, -0.25) is 9.89 Å². The van der Waals surface area contributed by atoms with Crippen LogP contribution in [0.2, 0.25) is 0 Å². The molecule has 2 aliphatic heterocycles. The molecule has 1 unspecified atom stereocenters. The fourth-order valence-corrected chi connectivity index (χ4v) is 3.32. The molecule has 2 heterocycles. The summed E-state index contributed by atoms with van der Waals surface area (Å²) >= 11 is 0. The lowest BCUT2D eigenvalue weighted by molar-refractivity contribution is -0.00683. The van der Waals surface area contributed by atoms with Crippen LogP contribution in [0.5, 0.6) is 0 Å². The first-order valence-corrected chi connectivity index (χ1v) is 9.05. The summed E-state index contributed by atoms with van der Waals surface area (Å²) in [6.45, 7) is 15.4. The average Bonchev–Trinajstić information content (AvgIpc) is 2.96. The molecule has 23 heavy (non-hydrogen) atoms. The van der Waals surface area contributed by atoms with Crippen molar-refractivity contribution in [3.05, 3.63) is 0 Å². The molecule has 0 spiro atoms. The fraction of sp³-hybridized carbons (Fsp3) is 0.941. The van der Waals surface area contributed by atoms with E-state index in [1.165, 1.54) is 19.5 Å². The Morgan fingerprint density at radius 2 is 1.96 bits per heavy atom. The van der Waals surface area contributed by atoms with Crippen LogP contribution in [-0.2, 0) is 4.74 Å². The van der Waals surface area contributed by atoms with Crippen LogP contribution in [0.15, 0.2) is 4.99 Å². The Hall–Kier alpha value is -0.850. The van der Waals surface area contributed by atoms with Crippen LogP contribution in [0.1, 0.15) is 27.2 Å². The molecule has 2 rings (SSSR count). The van der Waals surface area contributed by atoms with E-state index in [0.717, 1.165) is 57.8 Å². The van der Waals surface area contributed by atoms with Gasteiger partial charge in [0.15, 0.2) is 5.96 Å². The molecule has 0 bridgehead atoms. The maximum absolute atomic E-state index is 5.46. The van der Waals surface area contributed by atoms with Crippen LogP contribution in [-0.4, -0.2) is 87.4 Å². The molecule has 2 saturated heterocycles. The first-order valence-electron chi connectivity index (χ1n) is 9.05. The summed E-state index contributed by atoms with van der Waals surface area (Å²) in [5.41, 5.74) is 0.0692. The molecule has 0 aromatic carbocycles. The fourth-order valence-electron chi connectivity index (χ4n) is 3.32. The molecule has 134 valence electrons. The standard InChI is InChI=1S/C17H35N5O/c1-5-18-16(19-12-15-6-7-21(4)13-15)20-14-17(2,3)22-8-10-23-11-9-22/h15H,5-14H2,1-4H3,(H2,18,19,20). The van der Waals surface area contributed by atoms with E-state index >= 15 is 0 Å². The highest BCUT2D eigenvalue weighted by molar-refractivity contribution is 5.79. The van der Waals surface area contributed by atoms with Crippen molar-refractivity contribution < 1.29 is 4.74 Å². The molecule has 0 saturated carbocycles. The maximum Gasteiger partial charge on any atom is 0.191 e. The van der Waals surface area contributed by atoms with E-state index < -0.39 is 0 Å². The highest BCUT2D eigenvalue weighted by atomic mass is 16.5. The zero-order valence-corrected chi connectivity index (χ0v) is 15.4. The van der Waals surface area contributed by atoms with Gasteiger partial charge in [-0.1, -0.05) is 0 Å². The van der Waals surface area contributed by atoms with Gasteiger partial charge in [0.2, 0.25) is 0 Å². The quantitative estimate of drug-likeness (QED) is 0.553. The summed E-state index contributed by atoms with van der Waals surface area (Å²) in [7, 11) is 2.20. The van der Waals surface area contributed by atoms with Crippen LogP contribution in [0.3, 0.4) is 0 Å². The summed E-state index contributed by atoms with van der Waals surface area (Å²) in [6, 6.07) is 0. The first kappa shape index (κ1) is 18.5. The zero-order valence-electron chi connectivity index (χ0n) is 15.4. The Kier molecular flexibility index (Phi) is 7.11. The topological polar surface area (TPSA) is 52.1 Å². The van der Waals surface area contributed by atoms with E-state index in [-0.39, 0.29) is 5.54 Å². The van der Waals surface area contributed by atoms with Crippen LogP contribution in [0.25, 0.3) is 0 Å². The molecule has 6 heteroatoms. The smallest absolute Gasteiger partial charge is 0.191 e. The van der Waals surface area contributed by atoms with Gasteiger partial charge >= 0.3 is 0 Å². The van der Waals surface area contributed by atoms with Gasteiger partial charge in [-0.2, -0.15) is 0 Å². The van der Waals surface area contributed by atoms with Crippen molar-refractivity contribution >= 4 is 5.96 Å². The Morgan fingerprint density at radius 1 is 1.22 bits per heavy atom. The van der Waals surface area contributed by atoms with Crippen molar-refractivity contribution in [1.29, 1.82) is 0 Å². The number of aliphatic imine (C=N–C) groups is 1. The second kappa shape index (κ2) is 8.85. The average molecular weight is 326 g/mol. The van der Waals surface area contributed by atoms with E-state index in [4.69, 9.17) is 9.73 Å². The van der Waals surface area contributed by atoms with Gasteiger partial charge in [0, 0.05) is 38.3 Å². The molecule has 2 fully saturated rings. The van der Waals surface area contributed by atoms with Crippen LogP contribution in [0, 0.1) is 5.92 Å². The summed E-state index contributed by atoms with van der Waals surface area (Å²) in [5, 5.41) is 6.90. The molecule has 0 radical (unpaired) electrons. The van der Waals surface area contributed by atoms with E-state index in [1.54, 1.807) is 0 Å². The molecule has 6 nitrogen and oxygen atoms in total.